The van der Waals surface area contributed by atoms with Gasteiger partial charge in [0.25, 0.3) is 5.91 Å². The molecule has 0 aromatic heterocycles. The second-order valence-corrected chi connectivity index (χ2v) is 6.01. The highest BCUT2D eigenvalue weighted by atomic mass is 79.9. The summed E-state index contributed by atoms with van der Waals surface area (Å²) in [6, 6.07) is 12.2. The van der Waals surface area contributed by atoms with E-state index in [2.05, 4.69) is 21.2 Å². The first-order chi connectivity index (χ1) is 11.1. The molecule has 23 heavy (non-hydrogen) atoms. The summed E-state index contributed by atoms with van der Waals surface area (Å²) in [6.07, 6.45) is -0.832. The molecule has 2 aromatic carbocycles. The molecule has 0 aliphatic carbocycles. The Balaban J connectivity index is 1.76. The number of anilines is 1. The first-order valence-corrected chi connectivity index (χ1v) is 7.80. The number of hydrogen-bond acceptors (Lipinski definition) is 4. The lowest BCUT2D eigenvalue weighted by Crippen LogP contribution is -2.38. The molecule has 0 fully saturated rings. The predicted octanol–water partition coefficient (Wildman–Crippen LogP) is 3.43. The number of Topliss-reactive ketones (excluding diaryl/α,β-unsaturated/α-hetero) is 1. The first kappa shape index (κ1) is 15.6. The van der Waals surface area contributed by atoms with Crippen molar-refractivity contribution in [3.8, 4) is 11.5 Å². The third-order valence-electron chi connectivity index (χ3n) is 3.51. The zero-order chi connectivity index (χ0) is 16.4. The lowest BCUT2D eigenvalue weighted by Gasteiger charge is -2.24. The van der Waals surface area contributed by atoms with Gasteiger partial charge < -0.3 is 14.8 Å². The lowest BCUT2D eigenvalue weighted by atomic mass is 10.0. The zero-order valence-electron chi connectivity index (χ0n) is 12.3. The van der Waals surface area contributed by atoms with Gasteiger partial charge in [0.1, 0.15) is 11.5 Å². The number of benzene rings is 2. The van der Waals surface area contributed by atoms with Gasteiger partial charge >= 0.3 is 0 Å². The summed E-state index contributed by atoms with van der Waals surface area (Å²) in [5.41, 5.74) is 1.08. The monoisotopic (exact) mass is 375 g/mol. The van der Waals surface area contributed by atoms with Gasteiger partial charge in [0, 0.05) is 16.2 Å². The second-order valence-electron chi connectivity index (χ2n) is 5.10. The summed E-state index contributed by atoms with van der Waals surface area (Å²) in [7, 11) is 1.55. The number of carbonyl (C=O) groups excluding carboxylic acids is 2. The van der Waals surface area contributed by atoms with Crippen LogP contribution in [0, 0.1) is 0 Å². The second kappa shape index (κ2) is 6.42. The third kappa shape index (κ3) is 3.37. The first-order valence-electron chi connectivity index (χ1n) is 7.01. The quantitative estimate of drug-likeness (QED) is 0.892. The number of amides is 1. The van der Waals surface area contributed by atoms with E-state index in [1.54, 1.807) is 49.6 Å². The molecule has 3 rings (SSSR count). The van der Waals surface area contributed by atoms with Gasteiger partial charge in [-0.1, -0.05) is 22.0 Å². The summed E-state index contributed by atoms with van der Waals surface area (Å²) in [4.78, 5) is 24.6. The van der Waals surface area contributed by atoms with Crippen LogP contribution >= 0.6 is 15.9 Å². The number of ketones is 1. The number of fused-ring (bicyclic) bond motifs is 1. The van der Waals surface area contributed by atoms with E-state index in [9.17, 15) is 9.59 Å². The molecular formula is C17H14BrNO4. The number of halogens is 1. The Morgan fingerprint density at radius 3 is 2.91 bits per heavy atom. The molecule has 0 radical (unpaired) electrons. The van der Waals surface area contributed by atoms with Gasteiger partial charge in [-0.15, -0.1) is 0 Å². The van der Waals surface area contributed by atoms with Crippen molar-refractivity contribution < 1.29 is 19.1 Å². The van der Waals surface area contributed by atoms with Crippen LogP contribution < -0.4 is 14.8 Å². The van der Waals surface area contributed by atoms with Gasteiger partial charge in [0.2, 0.25) is 0 Å². The van der Waals surface area contributed by atoms with Crippen LogP contribution in [0.15, 0.2) is 46.9 Å². The van der Waals surface area contributed by atoms with Crippen molar-refractivity contribution in [2.75, 3.05) is 12.4 Å². The Kier molecular flexibility index (Phi) is 4.34. The van der Waals surface area contributed by atoms with Crippen molar-refractivity contribution in [3.63, 3.8) is 0 Å². The molecule has 118 valence electrons. The van der Waals surface area contributed by atoms with Crippen LogP contribution in [0.4, 0.5) is 5.69 Å². The van der Waals surface area contributed by atoms with Crippen LogP contribution in [0.3, 0.4) is 0 Å². The van der Waals surface area contributed by atoms with Crippen LogP contribution in [0.2, 0.25) is 0 Å². The van der Waals surface area contributed by atoms with E-state index < -0.39 is 6.10 Å². The van der Waals surface area contributed by atoms with Gasteiger partial charge in [-0.25, -0.2) is 0 Å². The molecule has 5 nitrogen and oxygen atoms in total. The van der Waals surface area contributed by atoms with Crippen molar-refractivity contribution >= 4 is 33.3 Å². The van der Waals surface area contributed by atoms with Crippen LogP contribution in [0.5, 0.6) is 11.5 Å². The summed E-state index contributed by atoms with van der Waals surface area (Å²) in [5.74, 6) is 0.590. The molecule has 1 aliphatic heterocycles. The molecule has 1 amide bonds. The molecule has 2 aromatic rings. The predicted molar refractivity (Wildman–Crippen MR) is 89.1 cm³/mol. The fourth-order valence-corrected chi connectivity index (χ4v) is 2.73. The minimum absolute atomic E-state index is 0.0131. The zero-order valence-corrected chi connectivity index (χ0v) is 13.9. The van der Waals surface area contributed by atoms with Crippen LogP contribution in [-0.4, -0.2) is 24.9 Å². The molecule has 1 heterocycles. The average molecular weight is 376 g/mol. The average Bonchev–Trinajstić information content (AvgIpc) is 2.55. The number of hydrogen-bond donors (Lipinski definition) is 1. The van der Waals surface area contributed by atoms with E-state index in [1.807, 2.05) is 0 Å². The van der Waals surface area contributed by atoms with Crippen molar-refractivity contribution in [3.05, 3.63) is 52.5 Å². The van der Waals surface area contributed by atoms with E-state index in [0.29, 0.717) is 22.7 Å². The number of rotatable bonds is 3. The number of methoxy groups -OCH3 is 1. The third-order valence-corrected chi connectivity index (χ3v) is 4.00. The Labute approximate surface area is 141 Å². The summed E-state index contributed by atoms with van der Waals surface area (Å²) in [5, 5.41) is 2.74. The van der Waals surface area contributed by atoms with Gasteiger partial charge in [-0.3, -0.25) is 9.59 Å². The number of ether oxygens (including phenoxy) is 2. The Morgan fingerprint density at radius 1 is 1.30 bits per heavy atom. The molecule has 0 saturated carbocycles. The highest BCUT2D eigenvalue weighted by Gasteiger charge is 2.31. The van der Waals surface area contributed by atoms with Gasteiger partial charge in [0.05, 0.1) is 19.1 Å². The molecular weight excluding hydrogens is 362 g/mol. The van der Waals surface area contributed by atoms with Crippen LogP contribution in [-0.2, 0) is 4.79 Å². The minimum atomic E-state index is -0.845. The molecule has 0 bridgehead atoms. The van der Waals surface area contributed by atoms with E-state index in [0.717, 1.165) is 4.47 Å². The standard InChI is InChI=1S/C17H14BrNO4/c1-22-12-4-2-3-11(8-12)19-17(21)16-9-14(20)13-7-10(18)5-6-15(13)23-16/h2-8,16H,9H2,1H3,(H,19,21)/t16-/m1/s1. The molecule has 0 saturated heterocycles. The molecule has 0 unspecified atom stereocenters. The van der Waals surface area contributed by atoms with E-state index in [-0.39, 0.29) is 18.1 Å². The maximum Gasteiger partial charge on any atom is 0.265 e. The smallest absolute Gasteiger partial charge is 0.265 e. The van der Waals surface area contributed by atoms with E-state index >= 15 is 0 Å². The summed E-state index contributed by atoms with van der Waals surface area (Å²) >= 11 is 3.32. The minimum Gasteiger partial charge on any atom is -0.497 e. The molecule has 1 N–H and O–H groups in total. The van der Waals surface area contributed by atoms with Gasteiger partial charge in [-0.05, 0) is 30.3 Å². The Hall–Kier alpha value is -2.34. The fourth-order valence-electron chi connectivity index (χ4n) is 2.37. The van der Waals surface area contributed by atoms with Crippen LogP contribution in [0.25, 0.3) is 0 Å². The van der Waals surface area contributed by atoms with Crippen molar-refractivity contribution in [1.82, 2.24) is 0 Å². The SMILES string of the molecule is COc1cccc(NC(=O)[C@H]2CC(=O)c3cc(Br)ccc3O2)c1. The molecule has 6 heteroatoms. The summed E-state index contributed by atoms with van der Waals surface area (Å²) < 4.78 is 11.6. The van der Waals surface area contributed by atoms with Gasteiger partial charge in [0.15, 0.2) is 11.9 Å². The Morgan fingerprint density at radius 2 is 2.13 bits per heavy atom. The fraction of sp³-hybridized carbons (Fsp3) is 0.176. The van der Waals surface area contributed by atoms with Gasteiger partial charge in [-0.2, -0.15) is 0 Å². The molecule has 1 aliphatic rings. The number of carbonyl (C=O) groups is 2. The highest BCUT2D eigenvalue weighted by Crippen LogP contribution is 2.30. The van der Waals surface area contributed by atoms with Crippen LogP contribution in [0.1, 0.15) is 16.8 Å². The molecule has 0 spiro atoms. The highest BCUT2D eigenvalue weighted by molar-refractivity contribution is 9.10. The summed E-state index contributed by atoms with van der Waals surface area (Å²) in [6.45, 7) is 0. The van der Waals surface area contributed by atoms with Crippen molar-refractivity contribution in [2.24, 2.45) is 0 Å². The lowest BCUT2D eigenvalue weighted by molar-refractivity contribution is -0.122. The normalized spacial score (nSPS) is 16.3. The van der Waals surface area contributed by atoms with E-state index in [4.69, 9.17) is 9.47 Å². The molecule has 1 atom stereocenters. The largest absolute Gasteiger partial charge is 0.497 e. The number of nitrogens with one attached hydrogen (secondary N) is 1. The maximum atomic E-state index is 12.4. The topological polar surface area (TPSA) is 64.6 Å². The Bertz CT molecular complexity index is 775. The maximum absolute atomic E-state index is 12.4. The van der Waals surface area contributed by atoms with Crippen molar-refractivity contribution in [2.45, 2.75) is 12.5 Å². The van der Waals surface area contributed by atoms with Crippen molar-refractivity contribution in [1.29, 1.82) is 0 Å². The van der Waals surface area contributed by atoms with E-state index in [1.165, 1.54) is 0 Å².